The van der Waals surface area contributed by atoms with Gasteiger partial charge in [-0.1, -0.05) is 6.07 Å². The van der Waals surface area contributed by atoms with E-state index in [1.54, 1.807) is 6.07 Å². The van der Waals surface area contributed by atoms with Crippen LogP contribution in [0, 0.1) is 0 Å². The first-order valence-electron chi connectivity index (χ1n) is 6.17. The summed E-state index contributed by atoms with van der Waals surface area (Å²) < 4.78 is 5.31. The number of urea groups is 1. The van der Waals surface area contributed by atoms with Crippen molar-refractivity contribution in [2.45, 2.75) is 25.3 Å². The van der Waals surface area contributed by atoms with Crippen molar-refractivity contribution in [3.8, 4) is 5.75 Å². The Labute approximate surface area is 111 Å². The number of imide groups is 1. The first-order chi connectivity index (χ1) is 9.06. The number of amides is 3. The number of carbonyl (C=O) groups is 2. The number of fused-ring (bicyclic) bond motifs is 1. The van der Waals surface area contributed by atoms with Crippen LogP contribution in [-0.2, 0) is 11.2 Å². The number of nitrogens with two attached hydrogens (primary N) is 2. The van der Waals surface area contributed by atoms with Crippen LogP contribution in [0.3, 0.4) is 0 Å². The molecule has 6 heteroatoms. The molecule has 3 amide bonds. The van der Waals surface area contributed by atoms with Crippen LogP contribution in [0.25, 0.3) is 0 Å². The Morgan fingerprint density at radius 2 is 2.21 bits per heavy atom. The maximum atomic E-state index is 11.2. The molecule has 1 aromatic rings. The zero-order valence-corrected chi connectivity index (χ0v) is 10.5. The van der Waals surface area contributed by atoms with Crippen LogP contribution in [0.5, 0.6) is 5.75 Å². The minimum atomic E-state index is -0.888. The lowest BCUT2D eigenvalue weighted by molar-refractivity contribution is -0.121. The smallest absolute Gasteiger partial charge is 0.318 e. The Hall–Kier alpha value is -2.08. The Balaban J connectivity index is 2.00. The summed E-state index contributed by atoms with van der Waals surface area (Å²) in [5.74, 6) is -0.00904. The summed E-state index contributed by atoms with van der Waals surface area (Å²) in [4.78, 5) is 21.7. The van der Waals surface area contributed by atoms with Crippen molar-refractivity contribution in [1.82, 2.24) is 5.32 Å². The number of aryl methyl sites for hydroxylation is 1. The van der Waals surface area contributed by atoms with Crippen molar-refractivity contribution in [1.29, 1.82) is 0 Å². The quantitative estimate of drug-likeness (QED) is 0.742. The van der Waals surface area contributed by atoms with Crippen molar-refractivity contribution in [2.75, 3.05) is 6.61 Å². The van der Waals surface area contributed by atoms with Crippen LogP contribution in [0.4, 0.5) is 4.79 Å². The Bertz CT molecular complexity index is 502. The number of hydrogen-bond acceptors (Lipinski definition) is 4. The normalized spacial score (nSPS) is 17.4. The van der Waals surface area contributed by atoms with Gasteiger partial charge in [0.1, 0.15) is 5.75 Å². The van der Waals surface area contributed by atoms with E-state index in [1.165, 1.54) is 5.56 Å². The summed E-state index contributed by atoms with van der Waals surface area (Å²) in [6, 6.07) is 4.76. The molecule has 0 aliphatic heterocycles. The lowest BCUT2D eigenvalue weighted by Crippen LogP contribution is -2.38. The average molecular weight is 263 g/mol. The number of rotatable bonds is 3. The van der Waals surface area contributed by atoms with Gasteiger partial charge in [0.2, 0.25) is 0 Å². The van der Waals surface area contributed by atoms with E-state index in [9.17, 15) is 9.59 Å². The number of benzene rings is 1. The highest BCUT2D eigenvalue weighted by Crippen LogP contribution is 2.30. The molecule has 0 saturated heterocycles. The zero-order valence-electron chi connectivity index (χ0n) is 10.5. The number of primary amides is 1. The largest absolute Gasteiger partial charge is 0.484 e. The van der Waals surface area contributed by atoms with Crippen LogP contribution in [0.1, 0.15) is 30.0 Å². The minimum Gasteiger partial charge on any atom is -0.484 e. The van der Waals surface area contributed by atoms with Gasteiger partial charge in [-0.05, 0) is 42.5 Å². The maximum absolute atomic E-state index is 11.2. The van der Waals surface area contributed by atoms with Crippen molar-refractivity contribution >= 4 is 11.9 Å². The standard InChI is InChI=1S/C13H17N3O3/c14-11-3-1-2-8-4-5-9(6-10(8)11)19-7-12(17)16-13(15)18/h4-6,11H,1-3,7,14H2,(H3,15,16,17,18)/t11-/m0/s1. The fourth-order valence-corrected chi connectivity index (χ4v) is 2.23. The molecule has 6 nitrogen and oxygen atoms in total. The molecular weight excluding hydrogens is 246 g/mol. The van der Waals surface area contributed by atoms with Gasteiger partial charge in [-0.2, -0.15) is 0 Å². The Kier molecular flexibility index (Phi) is 4.01. The molecule has 0 saturated carbocycles. The molecule has 0 heterocycles. The molecule has 0 aromatic heterocycles. The van der Waals surface area contributed by atoms with Crippen LogP contribution >= 0.6 is 0 Å². The third kappa shape index (κ3) is 3.45. The number of carbonyl (C=O) groups excluding carboxylic acids is 2. The molecular formula is C13H17N3O3. The molecule has 1 aliphatic carbocycles. The van der Waals surface area contributed by atoms with Gasteiger partial charge in [0.05, 0.1) is 0 Å². The van der Waals surface area contributed by atoms with Gasteiger partial charge in [0, 0.05) is 6.04 Å². The second-order valence-electron chi connectivity index (χ2n) is 4.56. The maximum Gasteiger partial charge on any atom is 0.318 e. The lowest BCUT2D eigenvalue weighted by atomic mass is 9.88. The van der Waals surface area contributed by atoms with E-state index in [0.717, 1.165) is 24.8 Å². The third-order valence-electron chi connectivity index (χ3n) is 3.11. The van der Waals surface area contributed by atoms with Crippen molar-refractivity contribution < 1.29 is 14.3 Å². The van der Waals surface area contributed by atoms with E-state index in [2.05, 4.69) is 0 Å². The van der Waals surface area contributed by atoms with Gasteiger partial charge in [-0.15, -0.1) is 0 Å². The molecule has 102 valence electrons. The SMILES string of the molecule is NC(=O)NC(=O)COc1ccc2c(c1)[C@@H](N)CCC2. The number of ether oxygens (including phenoxy) is 1. The zero-order chi connectivity index (χ0) is 13.8. The average Bonchev–Trinajstić information content (AvgIpc) is 2.36. The van der Waals surface area contributed by atoms with E-state index >= 15 is 0 Å². The third-order valence-corrected chi connectivity index (χ3v) is 3.11. The second-order valence-corrected chi connectivity index (χ2v) is 4.56. The molecule has 1 aliphatic rings. The fourth-order valence-electron chi connectivity index (χ4n) is 2.23. The van der Waals surface area contributed by atoms with E-state index in [1.807, 2.05) is 17.4 Å². The number of nitrogens with one attached hydrogen (secondary N) is 1. The summed E-state index contributed by atoms with van der Waals surface area (Å²) in [5, 5.41) is 1.93. The molecule has 0 bridgehead atoms. The van der Waals surface area contributed by atoms with Crippen molar-refractivity contribution in [3.05, 3.63) is 29.3 Å². The predicted octanol–water partition coefficient (Wildman–Crippen LogP) is 0.596. The highest BCUT2D eigenvalue weighted by atomic mass is 16.5. The molecule has 1 atom stereocenters. The summed E-state index contributed by atoms with van der Waals surface area (Å²) in [6.07, 6.45) is 3.07. The summed E-state index contributed by atoms with van der Waals surface area (Å²) in [6.45, 7) is -0.253. The first-order valence-corrected chi connectivity index (χ1v) is 6.17. The van der Waals surface area contributed by atoms with E-state index < -0.39 is 11.9 Å². The van der Waals surface area contributed by atoms with Gasteiger partial charge < -0.3 is 16.2 Å². The van der Waals surface area contributed by atoms with Crippen LogP contribution in [-0.4, -0.2) is 18.5 Å². The molecule has 5 N–H and O–H groups in total. The van der Waals surface area contributed by atoms with E-state index in [4.69, 9.17) is 16.2 Å². The molecule has 2 rings (SSSR count). The molecule has 0 radical (unpaired) electrons. The summed E-state index contributed by atoms with van der Waals surface area (Å²) >= 11 is 0. The topological polar surface area (TPSA) is 107 Å². The van der Waals surface area contributed by atoms with Gasteiger partial charge in [0.15, 0.2) is 6.61 Å². The van der Waals surface area contributed by atoms with Gasteiger partial charge in [-0.3, -0.25) is 10.1 Å². The summed E-state index contributed by atoms with van der Waals surface area (Å²) in [5.41, 5.74) is 13.2. The second kappa shape index (κ2) is 5.71. The summed E-state index contributed by atoms with van der Waals surface area (Å²) in [7, 11) is 0. The number of hydrogen-bond donors (Lipinski definition) is 3. The Morgan fingerprint density at radius 3 is 2.95 bits per heavy atom. The van der Waals surface area contributed by atoms with Gasteiger partial charge in [-0.25, -0.2) is 4.79 Å². The monoisotopic (exact) mass is 263 g/mol. The van der Waals surface area contributed by atoms with Crippen LogP contribution < -0.4 is 21.5 Å². The minimum absolute atomic E-state index is 0.0201. The van der Waals surface area contributed by atoms with Crippen molar-refractivity contribution in [3.63, 3.8) is 0 Å². The van der Waals surface area contributed by atoms with Crippen LogP contribution in [0.2, 0.25) is 0 Å². The van der Waals surface area contributed by atoms with Gasteiger partial charge in [0.25, 0.3) is 5.91 Å². The Morgan fingerprint density at radius 1 is 1.42 bits per heavy atom. The molecule has 0 spiro atoms. The van der Waals surface area contributed by atoms with Crippen LogP contribution in [0.15, 0.2) is 18.2 Å². The predicted molar refractivity (Wildman–Crippen MR) is 69.5 cm³/mol. The van der Waals surface area contributed by atoms with Gasteiger partial charge >= 0.3 is 6.03 Å². The molecule has 0 fully saturated rings. The van der Waals surface area contributed by atoms with E-state index in [0.29, 0.717) is 5.75 Å². The highest BCUT2D eigenvalue weighted by molar-refractivity contribution is 5.94. The fraction of sp³-hybridized carbons (Fsp3) is 0.385. The lowest BCUT2D eigenvalue weighted by Gasteiger charge is -2.22. The molecule has 1 aromatic carbocycles. The highest BCUT2D eigenvalue weighted by Gasteiger charge is 2.17. The van der Waals surface area contributed by atoms with E-state index in [-0.39, 0.29) is 12.6 Å². The van der Waals surface area contributed by atoms with Crippen molar-refractivity contribution in [2.24, 2.45) is 11.5 Å². The molecule has 0 unspecified atom stereocenters. The first kappa shape index (κ1) is 13.4. The molecule has 19 heavy (non-hydrogen) atoms.